The molecular weight excluding hydrogens is 250 g/mol. The summed E-state index contributed by atoms with van der Waals surface area (Å²) >= 11 is 0. The second-order valence-electron chi connectivity index (χ2n) is 3.92. The minimum absolute atomic E-state index is 0.124. The summed E-state index contributed by atoms with van der Waals surface area (Å²) in [5.41, 5.74) is 0.985. The number of methoxy groups -OCH3 is 1. The quantitative estimate of drug-likeness (QED) is 0.867. The summed E-state index contributed by atoms with van der Waals surface area (Å²) in [6, 6.07) is 5.91. The number of hydrogen-bond donors (Lipinski definition) is 2. The van der Waals surface area contributed by atoms with Crippen molar-refractivity contribution in [3.8, 4) is 5.75 Å². The maximum atomic E-state index is 10.9. The van der Waals surface area contributed by atoms with Gasteiger partial charge in [-0.1, -0.05) is 0 Å². The first-order chi connectivity index (χ1) is 9.01. The average Bonchev–Trinajstić information content (AvgIpc) is 2.36. The molecule has 2 N–H and O–H groups in total. The van der Waals surface area contributed by atoms with Crippen LogP contribution in [-0.2, 0) is 11.2 Å². The molecule has 2 aromatic rings. The number of aliphatic carboxylic acids is 1. The number of aromatic carboxylic acids is 1. The first kappa shape index (κ1) is 12.8. The predicted octanol–water partition coefficient (Wildman–Crippen LogP) is 1.57. The summed E-state index contributed by atoms with van der Waals surface area (Å²) in [7, 11) is 1.44. The smallest absolute Gasteiger partial charge is 0.335 e. The maximum Gasteiger partial charge on any atom is 0.335 e. The molecule has 6 nitrogen and oxygen atoms in total. The molecule has 2 rings (SSSR count). The summed E-state index contributed by atoms with van der Waals surface area (Å²) in [4.78, 5) is 25.8. The Morgan fingerprint density at radius 1 is 1.26 bits per heavy atom. The molecule has 0 saturated carbocycles. The molecule has 98 valence electrons. The first-order valence-corrected chi connectivity index (χ1v) is 5.44. The van der Waals surface area contributed by atoms with Crippen LogP contribution < -0.4 is 4.74 Å². The summed E-state index contributed by atoms with van der Waals surface area (Å²) in [6.45, 7) is 0. The van der Waals surface area contributed by atoms with Crippen molar-refractivity contribution in [3.05, 3.63) is 35.5 Å². The van der Waals surface area contributed by atoms with Crippen LogP contribution in [0.25, 0.3) is 10.9 Å². The van der Waals surface area contributed by atoms with Gasteiger partial charge in [0.05, 0.1) is 30.3 Å². The van der Waals surface area contributed by atoms with E-state index in [4.69, 9.17) is 14.9 Å². The van der Waals surface area contributed by atoms with Gasteiger partial charge in [0.2, 0.25) is 0 Å². The first-order valence-electron chi connectivity index (χ1n) is 5.44. The second kappa shape index (κ2) is 4.93. The van der Waals surface area contributed by atoms with Crippen LogP contribution in [0.4, 0.5) is 0 Å². The lowest BCUT2D eigenvalue weighted by atomic mass is 10.1. The van der Waals surface area contributed by atoms with Crippen LogP contribution in [0.3, 0.4) is 0 Å². The highest BCUT2D eigenvalue weighted by Crippen LogP contribution is 2.26. The van der Waals surface area contributed by atoms with Crippen LogP contribution in [0, 0.1) is 0 Å². The van der Waals surface area contributed by atoms with Gasteiger partial charge < -0.3 is 14.9 Å². The molecular formula is C13H11NO5. The minimum Gasteiger partial charge on any atom is -0.496 e. The fraction of sp³-hybridized carbons (Fsp3) is 0.154. The third-order valence-electron chi connectivity index (χ3n) is 2.62. The lowest BCUT2D eigenvalue weighted by molar-refractivity contribution is -0.136. The molecule has 0 radical (unpaired) electrons. The number of hydrogen-bond acceptors (Lipinski definition) is 4. The molecule has 1 aromatic carbocycles. The molecule has 0 aliphatic rings. The van der Waals surface area contributed by atoms with E-state index in [1.54, 1.807) is 0 Å². The standard InChI is InChI=1S/C13H11NO5/c1-19-11-5-8(6-12(15)16)14-10-3-2-7(13(17)18)4-9(10)11/h2-5H,6H2,1H3,(H,15,16)(H,17,18). The zero-order valence-corrected chi connectivity index (χ0v) is 10.1. The minimum atomic E-state index is -1.04. The fourth-order valence-electron chi connectivity index (χ4n) is 1.79. The molecule has 1 heterocycles. The average molecular weight is 261 g/mol. The highest BCUT2D eigenvalue weighted by Gasteiger charge is 2.11. The van der Waals surface area contributed by atoms with Crippen molar-refractivity contribution >= 4 is 22.8 Å². The van der Waals surface area contributed by atoms with E-state index in [2.05, 4.69) is 4.98 Å². The van der Waals surface area contributed by atoms with Gasteiger partial charge in [-0.25, -0.2) is 4.79 Å². The predicted molar refractivity (Wildman–Crippen MR) is 66.6 cm³/mol. The Morgan fingerprint density at radius 2 is 2.00 bits per heavy atom. The Bertz CT molecular complexity index is 665. The van der Waals surface area contributed by atoms with Gasteiger partial charge in [0.25, 0.3) is 0 Å². The van der Waals surface area contributed by atoms with E-state index < -0.39 is 11.9 Å². The van der Waals surface area contributed by atoms with E-state index in [1.165, 1.54) is 31.4 Å². The van der Waals surface area contributed by atoms with E-state index in [1.807, 2.05) is 0 Å². The second-order valence-corrected chi connectivity index (χ2v) is 3.92. The molecule has 0 amide bonds. The fourth-order valence-corrected chi connectivity index (χ4v) is 1.79. The molecule has 6 heteroatoms. The number of benzene rings is 1. The van der Waals surface area contributed by atoms with E-state index in [9.17, 15) is 9.59 Å². The Kier molecular flexibility index (Phi) is 3.33. The maximum absolute atomic E-state index is 10.9. The number of rotatable bonds is 4. The van der Waals surface area contributed by atoms with Gasteiger partial charge in [0.1, 0.15) is 5.75 Å². The van der Waals surface area contributed by atoms with Crippen LogP contribution in [0.5, 0.6) is 5.75 Å². The van der Waals surface area contributed by atoms with Gasteiger partial charge in [-0.15, -0.1) is 0 Å². The molecule has 19 heavy (non-hydrogen) atoms. The number of carboxylic acids is 2. The van der Waals surface area contributed by atoms with Crippen molar-refractivity contribution in [2.24, 2.45) is 0 Å². The third-order valence-corrected chi connectivity index (χ3v) is 2.62. The van der Waals surface area contributed by atoms with Crippen molar-refractivity contribution < 1.29 is 24.5 Å². The lowest BCUT2D eigenvalue weighted by Gasteiger charge is -2.08. The number of fused-ring (bicyclic) bond motifs is 1. The van der Waals surface area contributed by atoms with E-state index in [0.717, 1.165) is 0 Å². The summed E-state index contributed by atoms with van der Waals surface area (Å²) in [5, 5.41) is 18.2. The summed E-state index contributed by atoms with van der Waals surface area (Å²) in [6.07, 6.45) is -0.215. The zero-order valence-electron chi connectivity index (χ0n) is 10.1. The van der Waals surface area contributed by atoms with Gasteiger partial charge in [-0.2, -0.15) is 0 Å². The Labute approximate surface area is 108 Å². The van der Waals surface area contributed by atoms with Gasteiger partial charge in [0, 0.05) is 11.5 Å². The summed E-state index contributed by atoms with van der Waals surface area (Å²) in [5.74, 6) is -1.63. The number of nitrogens with zero attached hydrogens (tertiary/aromatic N) is 1. The molecule has 0 unspecified atom stereocenters. The SMILES string of the molecule is COc1cc(CC(=O)O)nc2ccc(C(=O)O)cc12. The summed E-state index contributed by atoms with van der Waals surface area (Å²) < 4.78 is 5.16. The normalized spacial score (nSPS) is 10.4. The van der Waals surface area contributed by atoms with Crippen molar-refractivity contribution in [2.45, 2.75) is 6.42 Å². The van der Waals surface area contributed by atoms with Gasteiger partial charge in [-0.3, -0.25) is 9.78 Å². The highest BCUT2D eigenvalue weighted by atomic mass is 16.5. The van der Waals surface area contributed by atoms with Gasteiger partial charge in [0.15, 0.2) is 0 Å². The Balaban J connectivity index is 2.62. The molecule has 0 atom stereocenters. The van der Waals surface area contributed by atoms with E-state index in [0.29, 0.717) is 22.3 Å². The molecule has 0 saturated heterocycles. The number of aromatic nitrogens is 1. The van der Waals surface area contributed by atoms with E-state index >= 15 is 0 Å². The van der Waals surface area contributed by atoms with Crippen LogP contribution in [-0.4, -0.2) is 34.2 Å². The Morgan fingerprint density at radius 3 is 2.58 bits per heavy atom. The van der Waals surface area contributed by atoms with Crippen molar-refractivity contribution in [3.63, 3.8) is 0 Å². The number of ether oxygens (including phenoxy) is 1. The van der Waals surface area contributed by atoms with Crippen LogP contribution in [0.2, 0.25) is 0 Å². The molecule has 0 spiro atoms. The molecule has 0 aliphatic carbocycles. The lowest BCUT2D eigenvalue weighted by Crippen LogP contribution is -2.04. The highest BCUT2D eigenvalue weighted by molar-refractivity contribution is 5.95. The largest absolute Gasteiger partial charge is 0.496 e. The van der Waals surface area contributed by atoms with Gasteiger partial charge in [-0.05, 0) is 18.2 Å². The molecule has 0 bridgehead atoms. The molecule has 1 aromatic heterocycles. The van der Waals surface area contributed by atoms with E-state index in [-0.39, 0.29) is 12.0 Å². The van der Waals surface area contributed by atoms with Crippen LogP contribution in [0.15, 0.2) is 24.3 Å². The molecule has 0 aliphatic heterocycles. The van der Waals surface area contributed by atoms with Crippen LogP contribution >= 0.6 is 0 Å². The number of carbonyl (C=O) groups is 2. The van der Waals surface area contributed by atoms with Crippen LogP contribution in [0.1, 0.15) is 16.1 Å². The zero-order chi connectivity index (χ0) is 14.0. The third kappa shape index (κ3) is 2.62. The number of pyridine rings is 1. The Hall–Kier alpha value is -2.63. The van der Waals surface area contributed by atoms with Crippen molar-refractivity contribution in [2.75, 3.05) is 7.11 Å². The van der Waals surface area contributed by atoms with Crippen molar-refractivity contribution in [1.29, 1.82) is 0 Å². The molecule has 0 fully saturated rings. The van der Waals surface area contributed by atoms with Gasteiger partial charge >= 0.3 is 11.9 Å². The monoisotopic (exact) mass is 261 g/mol. The number of carboxylic acid groups (broad SMARTS) is 2. The topological polar surface area (TPSA) is 96.7 Å². The van der Waals surface area contributed by atoms with Crippen molar-refractivity contribution in [1.82, 2.24) is 4.98 Å².